The second-order valence-corrected chi connectivity index (χ2v) is 12.9. The van der Waals surface area contributed by atoms with Crippen molar-refractivity contribution in [3.63, 3.8) is 0 Å². The average Bonchev–Trinajstić information content (AvgIpc) is 3.40. The van der Waals surface area contributed by atoms with Crippen LogP contribution in [0.15, 0.2) is 24.3 Å². The van der Waals surface area contributed by atoms with Crippen LogP contribution >= 0.6 is 0 Å². The van der Waals surface area contributed by atoms with Crippen LogP contribution in [-0.2, 0) is 27.2 Å². The fourth-order valence-corrected chi connectivity index (χ4v) is 5.85. The molecular weight excluding hydrogens is 568 g/mol. The number of hydrogen-bond donors (Lipinski definition) is 6. The number of amides is 1. The van der Waals surface area contributed by atoms with Crippen LogP contribution in [0.25, 0.3) is 0 Å². The normalized spacial score (nSPS) is 24.5. The standard InChI is InChI=1S/C32H48N4O8/c1-19(2)25-23(29(35-34-25)44-30-28(41)27(40)26(39)24(18-37)43-30)16-21-10-8-20(9-11-21)6-5-7-22(38)17-32(3,4)31(42)36-14-12-33-13-15-36/h8-11,19,24,26-28,30,33,37,39-41H,5-7,12-18H2,1-4H3,(H,34,35)/t24-,26+,27+,28-,30+/m1/s1. The van der Waals surface area contributed by atoms with Crippen molar-refractivity contribution in [1.82, 2.24) is 20.4 Å². The number of aryl methyl sites for hydroxylation is 1. The maximum absolute atomic E-state index is 12.9. The van der Waals surface area contributed by atoms with Crippen molar-refractivity contribution in [2.75, 3.05) is 32.8 Å². The Balaban J connectivity index is 1.33. The van der Waals surface area contributed by atoms with Gasteiger partial charge in [0.2, 0.25) is 18.1 Å². The van der Waals surface area contributed by atoms with Gasteiger partial charge in [-0.3, -0.25) is 14.7 Å². The first-order valence-electron chi connectivity index (χ1n) is 15.5. The van der Waals surface area contributed by atoms with E-state index in [0.717, 1.165) is 41.9 Å². The molecule has 2 saturated heterocycles. The van der Waals surface area contributed by atoms with Crippen LogP contribution < -0.4 is 10.1 Å². The highest BCUT2D eigenvalue weighted by Crippen LogP contribution is 2.31. The van der Waals surface area contributed by atoms with E-state index < -0.39 is 42.7 Å². The van der Waals surface area contributed by atoms with E-state index in [1.807, 2.05) is 56.9 Å². The Kier molecular flexibility index (Phi) is 11.5. The number of ether oxygens (including phenoxy) is 2. The third kappa shape index (κ3) is 8.23. The molecule has 3 heterocycles. The molecule has 0 unspecified atom stereocenters. The topological polar surface area (TPSA) is 177 Å². The zero-order valence-corrected chi connectivity index (χ0v) is 26.2. The van der Waals surface area contributed by atoms with Gasteiger partial charge in [0.15, 0.2) is 0 Å². The van der Waals surface area contributed by atoms with E-state index in [2.05, 4.69) is 15.5 Å². The molecule has 0 radical (unpaired) electrons. The number of piperazine rings is 1. The predicted octanol–water partition coefficient (Wildman–Crippen LogP) is 1.04. The number of nitrogens with one attached hydrogen (secondary N) is 2. The first-order chi connectivity index (χ1) is 20.9. The van der Waals surface area contributed by atoms with Crippen molar-refractivity contribution in [2.24, 2.45) is 5.41 Å². The molecule has 5 atom stereocenters. The Bertz CT molecular complexity index is 1240. The minimum absolute atomic E-state index is 0.0444. The number of nitrogens with zero attached hydrogens (tertiary/aromatic N) is 2. The number of rotatable bonds is 13. The van der Waals surface area contributed by atoms with Gasteiger partial charge in [0.25, 0.3) is 0 Å². The molecule has 0 aliphatic carbocycles. The van der Waals surface area contributed by atoms with Crippen molar-refractivity contribution in [2.45, 2.75) is 96.4 Å². The Morgan fingerprint density at radius 3 is 2.36 bits per heavy atom. The lowest BCUT2D eigenvalue weighted by Gasteiger charge is -2.39. The lowest BCUT2D eigenvalue weighted by molar-refractivity contribution is -0.278. The van der Waals surface area contributed by atoms with Crippen molar-refractivity contribution < 1.29 is 39.5 Å². The molecular formula is C32H48N4O8. The molecule has 0 bridgehead atoms. The SMILES string of the molecule is CC(C)c1[nH]nc(O[C@@H]2O[C@H](CO)[C@H](O)[C@H](O)[C@H]2O)c1Cc1ccc(CCCC(=O)CC(C)(C)C(=O)N2CCNCC2)cc1. The Labute approximate surface area is 258 Å². The summed E-state index contributed by atoms with van der Waals surface area (Å²) < 4.78 is 11.4. The van der Waals surface area contributed by atoms with Gasteiger partial charge < -0.3 is 40.1 Å². The van der Waals surface area contributed by atoms with E-state index >= 15 is 0 Å². The van der Waals surface area contributed by atoms with Gasteiger partial charge in [-0.1, -0.05) is 52.0 Å². The number of hydrogen-bond acceptors (Lipinski definition) is 10. The van der Waals surface area contributed by atoms with Crippen LogP contribution in [0.4, 0.5) is 0 Å². The monoisotopic (exact) mass is 616 g/mol. The number of aliphatic hydroxyl groups excluding tert-OH is 4. The van der Waals surface area contributed by atoms with Crippen LogP contribution in [0, 0.1) is 5.41 Å². The van der Waals surface area contributed by atoms with Crippen LogP contribution in [-0.4, -0.2) is 111 Å². The summed E-state index contributed by atoms with van der Waals surface area (Å²) in [4.78, 5) is 27.5. The molecule has 2 fully saturated rings. The minimum atomic E-state index is -1.55. The molecule has 2 aromatic rings. The zero-order chi connectivity index (χ0) is 32.0. The number of benzene rings is 1. The maximum Gasteiger partial charge on any atom is 0.238 e. The molecule has 2 aliphatic rings. The molecule has 0 spiro atoms. The van der Waals surface area contributed by atoms with Gasteiger partial charge in [0.05, 0.1) is 12.0 Å². The zero-order valence-electron chi connectivity index (χ0n) is 26.2. The molecule has 4 rings (SSSR count). The molecule has 0 saturated carbocycles. The van der Waals surface area contributed by atoms with Crippen molar-refractivity contribution >= 4 is 11.7 Å². The third-order valence-corrected chi connectivity index (χ3v) is 8.46. The summed E-state index contributed by atoms with van der Waals surface area (Å²) in [6.45, 7) is 10.1. The van der Waals surface area contributed by atoms with Gasteiger partial charge in [0, 0.05) is 56.7 Å². The molecule has 1 amide bonds. The summed E-state index contributed by atoms with van der Waals surface area (Å²) in [6, 6.07) is 8.10. The highest BCUT2D eigenvalue weighted by Gasteiger charge is 2.45. The van der Waals surface area contributed by atoms with Gasteiger partial charge in [-0.2, -0.15) is 0 Å². The summed E-state index contributed by atoms with van der Waals surface area (Å²) >= 11 is 0. The van der Waals surface area contributed by atoms with Crippen molar-refractivity contribution in [1.29, 1.82) is 0 Å². The number of H-pyrrole nitrogens is 1. The van der Waals surface area contributed by atoms with E-state index in [1.54, 1.807) is 0 Å². The number of carbonyl (C=O) groups excluding carboxylic acids is 2. The molecule has 12 nitrogen and oxygen atoms in total. The first-order valence-corrected chi connectivity index (χ1v) is 15.5. The number of ketones is 1. The van der Waals surface area contributed by atoms with Crippen molar-refractivity contribution in [3.8, 4) is 5.88 Å². The lowest BCUT2D eigenvalue weighted by atomic mass is 9.84. The summed E-state index contributed by atoms with van der Waals surface area (Å²) in [5.41, 5.74) is 3.02. The Morgan fingerprint density at radius 1 is 1.07 bits per heavy atom. The van der Waals surface area contributed by atoms with Gasteiger partial charge in [-0.25, -0.2) is 0 Å². The second kappa shape index (κ2) is 14.9. The van der Waals surface area contributed by atoms with Crippen LogP contribution in [0.5, 0.6) is 5.88 Å². The maximum atomic E-state index is 12.9. The number of aromatic amines is 1. The van der Waals surface area contributed by atoms with E-state index in [9.17, 15) is 30.0 Å². The molecule has 1 aromatic heterocycles. The average molecular weight is 617 g/mol. The third-order valence-electron chi connectivity index (χ3n) is 8.46. The fraction of sp³-hybridized carbons (Fsp3) is 0.656. The predicted molar refractivity (Wildman–Crippen MR) is 162 cm³/mol. The van der Waals surface area contributed by atoms with E-state index in [0.29, 0.717) is 32.4 Å². The molecule has 6 N–H and O–H groups in total. The smallest absolute Gasteiger partial charge is 0.238 e. The number of Topliss-reactive ketones (excluding diaryl/α,β-unsaturated/α-hetero) is 1. The van der Waals surface area contributed by atoms with Gasteiger partial charge in [0.1, 0.15) is 30.2 Å². The van der Waals surface area contributed by atoms with E-state index in [4.69, 9.17) is 9.47 Å². The largest absolute Gasteiger partial charge is 0.443 e. The summed E-state index contributed by atoms with van der Waals surface area (Å²) in [7, 11) is 0. The highest BCUT2D eigenvalue weighted by atomic mass is 16.7. The van der Waals surface area contributed by atoms with Crippen molar-refractivity contribution in [3.05, 3.63) is 46.6 Å². The Morgan fingerprint density at radius 2 is 1.73 bits per heavy atom. The molecule has 1 aromatic carbocycles. The van der Waals surface area contributed by atoms with Gasteiger partial charge in [-0.15, -0.1) is 5.10 Å². The Hall–Kier alpha value is -2.87. The van der Waals surface area contributed by atoms with Gasteiger partial charge >= 0.3 is 0 Å². The summed E-state index contributed by atoms with van der Waals surface area (Å²) in [5.74, 6) is 0.448. The quantitative estimate of drug-likeness (QED) is 0.191. The molecule has 44 heavy (non-hydrogen) atoms. The molecule has 12 heteroatoms. The molecule has 2 aliphatic heterocycles. The number of carbonyl (C=O) groups is 2. The lowest BCUT2D eigenvalue weighted by Crippen LogP contribution is -2.60. The number of aliphatic hydroxyl groups is 4. The second-order valence-electron chi connectivity index (χ2n) is 12.9. The summed E-state index contributed by atoms with van der Waals surface area (Å²) in [6.07, 6.45) is -4.39. The number of aromatic nitrogens is 2. The minimum Gasteiger partial charge on any atom is -0.443 e. The van der Waals surface area contributed by atoms with Crippen LogP contribution in [0.2, 0.25) is 0 Å². The fourth-order valence-electron chi connectivity index (χ4n) is 5.85. The van der Waals surface area contributed by atoms with Crippen LogP contribution in [0.3, 0.4) is 0 Å². The van der Waals surface area contributed by atoms with E-state index in [1.165, 1.54) is 0 Å². The summed E-state index contributed by atoms with van der Waals surface area (Å²) in [5, 5.41) is 50.7. The first kappa shape index (κ1) is 34.0. The molecule has 244 valence electrons. The van der Waals surface area contributed by atoms with Crippen LogP contribution in [0.1, 0.15) is 75.3 Å². The highest BCUT2D eigenvalue weighted by molar-refractivity contribution is 5.89. The van der Waals surface area contributed by atoms with Gasteiger partial charge in [-0.05, 0) is 29.9 Å². The van der Waals surface area contributed by atoms with E-state index in [-0.39, 0.29) is 29.9 Å².